The predicted octanol–water partition coefficient (Wildman–Crippen LogP) is 3.80. The van der Waals surface area contributed by atoms with Crippen LogP contribution < -0.4 is 0 Å². The van der Waals surface area contributed by atoms with E-state index in [-0.39, 0.29) is 5.41 Å². The Morgan fingerprint density at radius 3 is 2.56 bits per heavy atom. The molecule has 1 unspecified atom stereocenters. The molecule has 16 heavy (non-hydrogen) atoms. The quantitative estimate of drug-likeness (QED) is 0.414. The standard InChI is InChI=1S/C14H24OSi/c1-14(10-8-13(15)12-14)9-6-5-7-11-16(2,3)4/h5-6,8-10,12H2,1-4H3. The van der Waals surface area contributed by atoms with E-state index in [4.69, 9.17) is 0 Å². The third-order valence-corrected chi connectivity index (χ3v) is 4.10. The van der Waals surface area contributed by atoms with Gasteiger partial charge in [-0.3, -0.25) is 4.79 Å². The van der Waals surface area contributed by atoms with Crippen molar-refractivity contribution in [3.63, 3.8) is 0 Å². The van der Waals surface area contributed by atoms with E-state index in [9.17, 15) is 4.79 Å². The minimum absolute atomic E-state index is 0.290. The molecule has 0 aromatic carbocycles. The van der Waals surface area contributed by atoms with Crippen LogP contribution in [0.5, 0.6) is 0 Å². The molecule has 0 saturated heterocycles. The number of hydrogen-bond donors (Lipinski definition) is 0. The van der Waals surface area contributed by atoms with Crippen molar-refractivity contribution < 1.29 is 4.79 Å². The van der Waals surface area contributed by atoms with Crippen molar-refractivity contribution in [2.24, 2.45) is 5.41 Å². The lowest BCUT2D eigenvalue weighted by Gasteiger charge is -2.21. The van der Waals surface area contributed by atoms with E-state index in [1.807, 2.05) is 0 Å². The Kier molecular flexibility index (Phi) is 4.38. The summed E-state index contributed by atoms with van der Waals surface area (Å²) in [5.41, 5.74) is 3.68. The van der Waals surface area contributed by atoms with Crippen LogP contribution in [0, 0.1) is 16.9 Å². The van der Waals surface area contributed by atoms with Crippen LogP contribution in [-0.4, -0.2) is 13.9 Å². The zero-order valence-electron chi connectivity index (χ0n) is 11.2. The summed E-state index contributed by atoms with van der Waals surface area (Å²) < 4.78 is 0. The number of ketones is 1. The topological polar surface area (TPSA) is 17.1 Å². The molecule has 0 amide bonds. The molecule has 0 spiro atoms. The van der Waals surface area contributed by atoms with Gasteiger partial charge in [0, 0.05) is 19.3 Å². The summed E-state index contributed by atoms with van der Waals surface area (Å²) in [6.07, 6.45) is 6.02. The van der Waals surface area contributed by atoms with Crippen LogP contribution in [0.3, 0.4) is 0 Å². The number of unbranched alkanes of at least 4 members (excludes halogenated alkanes) is 1. The molecule has 2 heteroatoms. The van der Waals surface area contributed by atoms with E-state index in [2.05, 4.69) is 38.0 Å². The molecule has 0 radical (unpaired) electrons. The highest BCUT2D eigenvalue weighted by atomic mass is 28.3. The molecular formula is C14H24OSi. The molecule has 1 aliphatic carbocycles. The Labute approximate surface area is 101 Å². The maximum atomic E-state index is 11.3. The highest BCUT2D eigenvalue weighted by Crippen LogP contribution is 2.39. The van der Waals surface area contributed by atoms with Gasteiger partial charge in [-0.15, -0.1) is 11.5 Å². The maximum Gasteiger partial charge on any atom is 0.133 e. The van der Waals surface area contributed by atoms with Gasteiger partial charge in [0.05, 0.1) is 0 Å². The van der Waals surface area contributed by atoms with Crippen molar-refractivity contribution in [1.82, 2.24) is 0 Å². The average molecular weight is 236 g/mol. The Hall–Kier alpha value is -0.553. The zero-order valence-corrected chi connectivity index (χ0v) is 12.2. The molecule has 0 aliphatic heterocycles. The van der Waals surface area contributed by atoms with Gasteiger partial charge in [0.25, 0.3) is 0 Å². The normalized spacial score (nSPS) is 25.4. The lowest BCUT2D eigenvalue weighted by atomic mass is 9.83. The molecule has 0 aromatic heterocycles. The summed E-state index contributed by atoms with van der Waals surface area (Å²) in [4.78, 5) is 11.3. The highest BCUT2D eigenvalue weighted by Gasteiger charge is 2.32. The first-order valence-corrected chi connectivity index (χ1v) is 9.83. The van der Waals surface area contributed by atoms with E-state index in [1.54, 1.807) is 0 Å². The lowest BCUT2D eigenvalue weighted by molar-refractivity contribution is -0.118. The molecule has 0 heterocycles. The summed E-state index contributed by atoms with van der Waals surface area (Å²) in [6.45, 7) is 9.08. The summed E-state index contributed by atoms with van der Waals surface area (Å²) in [5.74, 6) is 3.76. The molecule has 1 rings (SSSR count). The summed E-state index contributed by atoms with van der Waals surface area (Å²) in [5, 5.41) is 0. The van der Waals surface area contributed by atoms with Gasteiger partial charge in [-0.1, -0.05) is 26.6 Å². The molecule has 0 N–H and O–H groups in total. The number of carbonyl (C=O) groups excluding carboxylic acids is 1. The Morgan fingerprint density at radius 1 is 1.38 bits per heavy atom. The van der Waals surface area contributed by atoms with Gasteiger partial charge >= 0.3 is 0 Å². The van der Waals surface area contributed by atoms with Gasteiger partial charge in [-0.05, 0) is 24.7 Å². The first kappa shape index (κ1) is 13.5. The number of rotatable bonds is 3. The Morgan fingerprint density at radius 2 is 2.06 bits per heavy atom. The van der Waals surface area contributed by atoms with E-state index >= 15 is 0 Å². The fourth-order valence-electron chi connectivity index (χ4n) is 2.24. The molecule has 0 bridgehead atoms. The van der Waals surface area contributed by atoms with Crippen LogP contribution >= 0.6 is 0 Å². The zero-order chi connectivity index (χ0) is 12.2. The van der Waals surface area contributed by atoms with Crippen LogP contribution in [0.25, 0.3) is 0 Å². The fourth-order valence-corrected chi connectivity index (χ4v) is 2.89. The third kappa shape index (κ3) is 4.98. The largest absolute Gasteiger partial charge is 0.300 e. The molecule has 0 aromatic rings. The first-order chi connectivity index (χ1) is 7.31. The number of hydrogen-bond acceptors (Lipinski definition) is 1. The van der Waals surface area contributed by atoms with Crippen molar-refractivity contribution in [3.8, 4) is 11.5 Å². The van der Waals surface area contributed by atoms with Crippen LogP contribution in [0.1, 0.15) is 45.4 Å². The van der Waals surface area contributed by atoms with Crippen LogP contribution in [0.2, 0.25) is 19.6 Å². The highest BCUT2D eigenvalue weighted by molar-refractivity contribution is 6.83. The minimum atomic E-state index is -1.18. The molecule has 1 aliphatic rings. The minimum Gasteiger partial charge on any atom is -0.300 e. The van der Waals surface area contributed by atoms with Crippen LogP contribution in [0.4, 0.5) is 0 Å². The Balaban J connectivity index is 2.25. The molecule has 1 fully saturated rings. The molecule has 1 saturated carbocycles. The van der Waals surface area contributed by atoms with Crippen molar-refractivity contribution in [1.29, 1.82) is 0 Å². The second kappa shape index (κ2) is 5.18. The summed E-state index contributed by atoms with van der Waals surface area (Å²) >= 11 is 0. The second-order valence-corrected chi connectivity index (χ2v) is 11.2. The Bertz CT molecular complexity index is 316. The van der Waals surface area contributed by atoms with Crippen LogP contribution in [0.15, 0.2) is 0 Å². The lowest BCUT2D eigenvalue weighted by Crippen LogP contribution is -2.16. The third-order valence-electron chi connectivity index (χ3n) is 3.18. The second-order valence-electron chi connectivity index (χ2n) is 6.43. The smallest absolute Gasteiger partial charge is 0.133 e. The van der Waals surface area contributed by atoms with Crippen molar-refractivity contribution >= 4 is 13.9 Å². The van der Waals surface area contributed by atoms with Gasteiger partial charge in [-0.2, -0.15) is 0 Å². The molecule has 1 nitrogen and oxygen atoms in total. The first-order valence-electron chi connectivity index (χ1n) is 6.33. The maximum absolute atomic E-state index is 11.3. The van der Waals surface area contributed by atoms with Crippen molar-refractivity contribution in [2.75, 3.05) is 0 Å². The molecular weight excluding hydrogens is 212 g/mol. The summed E-state index contributed by atoms with van der Waals surface area (Å²) in [7, 11) is -1.18. The monoisotopic (exact) mass is 236 g/mol. The fraction of sp³-hybridized carbons (Fsp3) is 0.786. The molecule has 1 atom stereocenters. The average Bonchev–Trinajstić information content (AvgIpc) is 2.44. The van der Waals surface area contributed by atoms with Gasteiger partial charge < -0.3 is 0 Å². The SMILES string of the molecule is CC1(CCCC#C[Si](C)(C)C)CCC(=O)C1. The van der Waals surface area contributed by atoms with Gasteiger partial charge in [-0.25, -0.2) is 0 Å². The van der Waals surface area contributed by atoms with Gasteiger partial charge in [0.15, 0.2) is 0 Å². The van der Waals surface area contributed by atoms with Crippen molar-refractivity contribution in [2.45, 2.75) is 65.1 Å². The van der Waals surface area contributed by atoms with Gasteiger partial charge in [0.1, 0.15) is 13.9 Å². The summed E-state index contributed by atoms with van der Waals surface area (Å²) in [6, 6.07) is 0. The molecule has 90 valence electrons. The van der Waals surface area contributed by atoms with E-state index in [1.165, 1.54) is 6.42 Å². The predicted molar refractivity (Wildman–Crippen MR) is 71.9 cm³/mol. The van der Waals surface area contributed by atoms with E-state index in [0.29, 0.717) is 5.78 Å². The number of Topliss-reactive ketones (excluding diaryl/α,β-unsaturated/α-hetero) is 1. The van der Waals surface area contributed by atoms with Gasteiger partial charge in [0.2, 0.25) is 0 Å². The number of carbonyl (C=O) groups is 1. The van der Waals surface area contributed by atoms with E-state index in [0.717, 1.165) is 32.1 Å². The van der Waals surface area contributed by atoms with Crippen LogP contribution in [-0.2, 0) is 4.79 Å². The van der Waals surface area contributed by atoms with Crippen molar-refractivity contribution in [3.05, 3.63) is 0 Å². The van der Waals surface area contributed by atoms with E-state index < -0.39 is 8.07 Å².